The van der Waals surface area contributed by atoms with E-state index in [-0.39, 0.29) is 0 Å². The third-order valence-electron chi connectivity index (χ3n) is 2.57. The lowest BCUT2D eigenvalue weighted by atomic mass is 10.3. The zero-order valence-corrected chi connectivity index (χ0v) is 11.1. The van der Waals surface area contributed by atoms with E-state index in [0.29, 0.717) is 0 Å². The second-order valence-corrected chi connectivity index (χ2v) is 4.24. The van der Waals surface area contributed by atoms with Gasteiger partial charge >= 0.3 is 0 Å². The van der Waals surface area contributed by atoms with Gasteiger partial charge in [0.1, 0.15) is 0 Å². The Kier molecular flexibility index (Phi) is 15.6. The summed E-state index contributed by atoms with van der Waals surface area (Å²) in [6, 6.07) is 0. The van der Waals surface area contributed by atoms with Crippen molar-refractivity contribution in [3.63, 3.8) is 0 Å². The fraction of sp³-hybridized carbons (Fsp3) is 1.00. The number of unbranched alkanes of at least 4 members (excludes halogenated alkanes) is 2. The van der Waals surface area contributed by atoms with Crippen LogP contribution in [0.2, 0.25) is 0 Å². The van der Waals surface area contributed by atoms with Crippen LogP contribution in [0.15, 0.2) is 0 Å². The summed E-state index contributed by atoms with van der Waals surface area (Å²) in [6.45, 7) is 7.91. The molecule has 0 saturated heterocycles. The molecule has 0 bridgehead atoms. The lowest BCUT2D eigenvalue weighted by Crippen LogP contribution is -2.33. The van der Waals surface area contributed by atoms with Crippen molar-refractivity contribution in [3.05, 3.63) is 0 Å². The molecule has 0 spiro atoms. The van der Waals surface area contributed by atoms with Crippen molar-refractivity contribution < 1.29 is 0 Å². The summed E-state index contributed by atoms with van der Waals surface area (Å²) in [5, 5.41) is 10.2. The molecule has 0 aromatic carbocycles. The highest BCUT2D eigenvalue weighted by Gasteiger charge is 1.90. The average Bonchev–Trinajstić information content (AvgIpc) is 2.35. The minimum atomic E-state index is 0.801. The van der Waals surface area contributed by atoms with Gasteiger partial charge in [0.05, 0.1) is 0 Å². The van der Waals surface area contributed by atoms with Crippen LogP contribution in [0.1, 0.15) is 25.7 Å². The van der Waals surface area contributed by atoms with Crippen LogP contribution in [0.4, 0.5) is 0 Å². The number of hydrogen-bond donors (Lipinski definition) is 5. The highest BCUT2D eigenvalue weighted by Crippen LogP contribution is 1.81. The molecule has 0 unspecified atom stereocenters. The smallest absolute Gasteiger partial charge is 0.00772 e. The Hall–Kier alpha value is -0.200. The van der Waals surface area contributed by atoms with Gasteiger partial charge in [0.2, 0.25) is 0 Å². The fourth-order valence-corrected chi connectivity index (χ4v) is 1.52. The van der Waals surface area contributed by atoms with Crippen LogP contribution in [-0.2, 0) is 0 Å². The van der Waals surface area contributed by atoms with E-state index in [1.807, 2.05) is 0 Å². The molecule has 0 aliphatic rings. The molecule has 7 N–H and O–H groups in total. The van der Waals surface area contributed by atoms with E-state index in [4.69, 9.17) is 11.5 Å². The largest absolute Gasteiger partial charge is 0.330 e. The first-order chi connectivity index (χ1) is 8.41. The Morgan fingerprint density at radius 2 is 0.824 bits per heavy atom. The van der Waals surface area contributed by atoms with Crippen LogP contribution >= 0.6 is 0 Å². The van der Waals surface area contributed by atoms with E-state index >= 15 is 0 Å². The van der Waals surface area contributed by atoms with Gasteiger partial charge in [-0.1, -0.05) is 0 Å². The number of nitrogens with one attached hydrogen (secondary N) is 3. The summed E-state index contributed by atoms with van der Waals surface area (Å²) in [6.07, 6.45) is 4.60. The molecule has 104 valence electrons. The predicted octanol–water partition coefficient (Wildman–Crippen LogP) is -0.767. The van der Waals surface area contributed by atoms with E-state index < -0.39 is 0 Å². The van der Waals surface area contributed by atoms with Gasteiger partial charge in [-0.05, 0) is 51.9 Å². The van der Waals surface area contributed by atoms with E-state index in [2.05, 4.69) is 16.0 Å². The topological polar surface area (TPSA) is 88.1 Å². The lowest BCUT2D eigenvalue weighted by molar-refractivity contribution is 0.560. The number of hydrogen-bond acceptors (Lipinski definition) is 5. The van der Waals surface area contributed by atoms with Crippen molar-refractivity contribution in [2.75, 3.05) is 52.4 Å². The Labute approximate surface area is 106 Å². The molecule has 0 rings (SSSR count). The van der Waals surface area contributed by atoms with Crippen LogP contribution in [0.5, 0.6) is 0 Å². The molecular weight excluding hydrogens is 214 g/mol. The van der Waals surface area contributed by atoms with E-state index in [1.54, 1.807) is 0 Å². The minimum Gasteiger partial charge on any atom is -0.330 e. The summed E-state index contributed by atoms with van der Waals surface area (Å²) >= 11 is 0. The first kappa shape index (κ1) is 16.8. The van der Waals surface area contributed by atoms with Crippen molar-refractivity contribution in [2.24, 2.45) is 11.5 Å². The highest BCUT2D eigenvalue weighted by molar-refractivity contribution is 4.55. The maximum Gasteiger partial charge on any atom is 0.00772 e. The third kappa shape index (κ3) is 15.8. The maximum absolute atomic E-state index is 5.41. The predicted molar refractivity (Wildman–Crippen MR) is 75.2 cm³/mol. The van der Waals surface area contributed by atoms with E-state index in [9.17, 15) is 0 Å². The molecule has 0 aliphatic carbocycles. The van der Waals surface area contributed by atoms with Gasteiger partial charge in [-0.2, -0.15) is 0 Å². The highest BCUT2D eigenvalue weighted by atomic mass is 15.0. The molecule has 0 atom stereocenters. The van der Waals surface area contributed by atoms with Crippen LogP contribution in [-0.4, -0.2) is 52.4 Å². The maximum atomic E-state index is 5.41. The number of rotatable bonds is 14. The first-order valence-electron chi connectivity index (χ1n) is 6.94. The van der Waals surface area contributed by atoms with Crippen LogP contribution in [0.3, 0.4) is 0 Å². The molecule has 5 nitrogen and oxygen atoms in total. The summed E-state index contributed by atoms with van der Waals surface area (Å²) in [5.74, 6) is 0. The van der Waals surface area contributed by atoms with Crippen LogP contribution < -0.4 is 27.4 Å². The molecule has 0 aromatic heterocycles. The molecular formula is C12H31N5. The number of nitrogens with two attached hydrogens (primary N) is 2. The van der Waals surface area contributed by atoms with Gasteiger partial charge in [-0.3, -0.25) is 0 Å². The molecule has 0 radical (unpaired) electrons. The van der Waals surface area contributed by atoms with Crippen molar-refractivity contribution in [1.29, 1.82) is 0 Å². The second-order valence-electron chi connectivity index (χ2n) is 4.24. The van der Waals surface area contributed by atoms with Gasteiger partial charge in [0, 0.05) is 26.2 Å². The van der Waals surface area contributed by atoms with Gasteiger partial charge in [0.25, 0.3) is 0 Å². The first-order valence-corrected chi connectivity index (χ1v) is 6.94. The normalized spacial score (nSPS) is 10.9. The third-order valence-corrected chi connectivity index (χ3v) is 2.57. The summed E-state index contributed by atoms with van der Waals surface area (Å²) in [4.78, 5) is 0. The van der Waals surface area contributed by atoms with Gasteiger partial charge < -0.3 is 27.4 Å². The summed E-state index contributed by atoms with van der Waals surface area (Å²) in [5.41, 5.74) is 10.8. The quantitative estimate of drug-likeness (QED) is 0.260. The molecule has 5 heteroatoms. The van der Waals surface area contributed by atoms with Gasteiger partial charge in [-0.25, -0.2) is 0 Å². The molecule has 0 fully saturated rings. The monoisotopic (exact) mass is 245 g/mol. The van der Waals surface area contributed by atoms with Crippen molar-refractivity contribution >= 4 is 0 Å². The molecule has 0 aromatic rings. The van der Waals surface area contributed by atoms with Crippen molar-refractivity contribution in [3.8, 4) is 0 Å². The Morgan fingerprint density at radius 3 is 1.18 bits per heavy atom. The molecule has 0 amide bonds. The fourth-order valence-electron chi connectivity index (χ4n) is 1.52. The van der Waals surface area contributed by atoms with Crippen LogP contribution in [0, 0.1) is 0 Å². The average molecular weight is 245 g/mol. The van der Waals surface area contributed by atoms with E-state index in [0.717, 1.165) is 65.2 Å². The van der Waals surface area contributed by atoms with Crippen LogP contribution in [0.25, 0.3) is 0 Å². The Bertz CT molecular complexity index is 118. The SMILES string of the molecule is NCCCCNCCNCCNCCCCN. The standard InChI is InChI=1S/C12H31N5/c13-5-1-3-7-15-9-11-17-12-10-16-8-4-2-6-14/h15-17H,1-14H2. The second kappa shape index (κ2) is 15.8. The Balaban J connectivity index is 2.85. The molecule has 0 saturated carbocycles. The summed E-state index contributed by atoms with van der Waals surface area (Å²) < 4.78 is 0. The van der Waals surface area contributed by atoms with Crippen molar-refractivity contribution in [2.45, 2.75) is 25.7 Å². The van der Waals surface area contributed by atoms with E-state index in [1.165, 1.54) is 12.8 Å². The lowest BCUT2D eigenvalue weighted by Gasteiger charge is -2.07. The molecule has 0 aliphatic heterocycles. The Morgan fingerprint density at radius 1 is 0.471 bits per heavy atom. The zero-order valence-electron chi connectivity index (χ0n) is 11.1. The molecule has 17 heavy (non-hydrogen) atoms. The molecule has 0 heterocycles. The van der Waals surface area contributed by atoms with Gasteiger partial charge in [-0.15, -0.1) is 0 Å². The zero-order chi connectivity index (χ0) is 12.6. The minimum absolute atomic E-state index is 0.801. The summed E-state index contributed by atoms with van der Waals surface area (Å²) in [7, 11) is 0. The van der Waals surface area contributed by atoms with Gasteiger partial charge in [0.15, 0.2) is 0 Å². The van der Waals surface area contributed by atoms with Crippen molar-refractivity contribution in [1.82, 2.24) is 16.0 Å².